The fourth-order valence-corrected chi connectivity index (χ4v) is 2.61. The fourth-order valence-electron chi connectivity index (χ4n) is 2.61. The first kappa shape index (κ1) is 14.4. The minimum Gasteiger partial charge on any atom is -0.481 e. The highest BCUT2D eigenvalue weighted by molar-refractivity contribution is 5.94. The van der Waals surface area contributed by atoms with Crippen LogP contribution in [0.3, 0.4) is 0 Å². The molecule has 2 unspecified atom stereocenters. The molecule has 1 aromatic rings. The van der Waals surface area contributed by atoms with Crippen LogP contribution in [0, 0.1) is 11.4 Å². The number of nitrogens with one attached hydrogen (secondary N) is 1. The van der Waals surface area contributed by atoms with Crippen molar-refractivity contribution in [3.63, 3.8) is 0 Å². The van der Waals surface area contributed by atoms with Gasteiger partial charge >= 0.3 is 5.97 Å². The van der Waals surface area contributed by atoms with Gasteiger partial charge in [0.2, 0.25) is 5.95 Å². The predicted octanol–water partition coefficient (Wildman–Crippen LogP) is 1.98. The summed E-state index contributed by atoms with van der Waals surface area (Å²) in [5, 5.41) is 12.0. The van der Waals surface area contributed by atoms with Crippen LogP contribution in [0.15, 0.2) is 18.3 Å². The zero-order chi connectivity index (χ0) is 14.8. The molecule has 2 atom stereocenters. The summed E-state index contributed by atoms with van der Waals surface area (Å²) in [5.41, 5.74) is -1.17. The molecule has 1 aliphatic carbocycles. The van der Waals surface area contributed by atoms with Crippen LogP contribution in [0.1, 0.15) is 43.0 Å². The van der Waals surface area contributed by atoms with Crippen LogP contribution < -0.4 is 5.32 Å². The van der Waals surface area contributed by atoms with Crippen molar-refractivity contribution in [1.82, 2.24) is 10.3 Å². The van der Waals surface area contributed by atoms with Gasteiger partial charge in [0.25, 0.3) is 5.91 Å². The lowest BCUT2D eigenvalue weighted by molar-refractivity contribution is -0.151. The van der Waals surface area contributed by atoms with E-state index in [0.29, 0.717) is 12.8 Å². The molecule has 2 rings (SSSR count). The van der Waals surface area contributed by atoms with Crippen molar-refractivity contribution in [3.8, 4) is 0 Å². The average molecular weight is 280 g/mol. The molecule has 6 heteroatoms. The summed E-state index contributed by atoms with van der Waals surface area (Å²) in [6.45, 7) is 1.62. The number of halogens is 1. The van der Waals surface area contributed by atoms with Gasteiger partial charge in [0.15, 0.2) is 0 Å². The number of carbonyl (C=O) groups excluding carboxylic acids is 1. The Kier molecular flexibility index (Phi) is 4.01. The first-order valence-electron chi connectivity index (χ1n) is 6.60. The number of aliphatic carboxylic acids is 1. The molecule has 0 aliphatic heterocycles. The van der Waals surface area contributed by atoms with Gasteiger partial charge in [-0.25, -0.2) is 4.98 Å². The molecule has 5 nitrogen and oxygen atoms in total. The molecule has 1 aromatic heterocycles. The van der Waals surface area contributed by atoms with E-state index in [1.807, 2.05) is 0 Å². The van der Waals surface area contributed by atoms with E-state index in [4.69, 9.17) is 0 Å². The van der Waals surface area contributed by atoms with Crippen LogP contribution in [-0.4, -0.2) is 28.0 Å². The van der Waals surface area contributed by atoms with Crippen LogP contribution in [0.2, 0.25) is 0 Å². The number of amides is 1. The Morgan fingerprint density at radius 2 is 2.25 bits per heavy atom. The summed E-state index contributed by atoms with van der Waals surface area (Å²) in [6.07, 6.45) is 4.01. The molecule has 1 fully saturated rings. The van der Waals surface area contributed by atoms with Crippen LogP contribution in [-0.2, 0) is 4.79 Å². The van der Waals surface area contributed by atoms with Gasteiger partial charge in [0.05, 0.1) is 11.0 Å². The summed E-state index contributed by atoms with van der Waals surface area (Å²) in [5.74, 6) is -2.40. The lowest BCUT2D eigenvalue weighted by Gasteiger charge is -2.38. The quantitative estimate of drug-likeness (QED) is 0.830. The van der Waals surface area contributed by atoms with Gasteiger partial charge in [0, 0.05) is 12.2 Å². The second kappa shape index (κ2) is 5.56. The Morgan fingerprint density at radius 1 is 1.50 bits per heavy atom. The third-order valence-corrected chi connectivity index (χ3v) is 4.01. The summed E-state index contributed by atoms with van der Waals surface area (Å²) in [7, 11) is 0. The summed E-state index contributed by atoms with van der Waals surface area (Å²) < 4.78 is 13.5. The molecule has 0 radical (unpaired) electrons. The summed E-state index contributed by atoms with van der Waals surface area (Å²) in [6, 6.07) is 2.30. The molecule has 0 bridgehead atoms. The maximum Gasteiger partial charge on any atom is 0.311 e. The Labute approximate surface area is 116 Å². The Hall–Kier alpha value is -1.98. The SMILES string of the molecule is CC1(C(=O)O)CCCCC1NC(=O)c1cccnc1F. The largest absolute Gasteiger partial charge is 0.481 e. The summed E-state index contributed by atoms with van der Waals surface area (Å²) >= 11 is 0. The van der Waals surface area contributed by atoms with Crippen molar-refractivity contribution in [1.29, 1.82) is 0 Å². The van der Waals surface area contributed by atoms with E-state index < -0.39 is 29.3 Å². The fraction of sp³-hybridized carbons (Fsp3) is 0.500. The molecule has 0 saturated heterocycles. The number of carboxylic acids is 1. The van der Waals surface area contributed by atoms with E-state index >= 15 is 0 Å². The molecule has 1 amide bonds. The monoisotopic (exact) mass is 280 g/mol. The number of nitrogens with zero attached hydrogens (tertiary/aromatic N) is 1. The average Bonchev–Trinajstić information content (AvgIpc) is 2.41. The van der Waals surface area contributed by atoms with E-state index in [-0.39, 0.29) is 5.56 Å². The molecule has 0 spiro atoms. The van der Waals surface area contributed by atoms with E-state index in [0.717, 1.165) is 12.8 Å². The van der Waals surface area contributed by atoms with Crippen molar-refractivity contribution in [2.45, 2.75) is 38.6 Å². The zero-order valence-corrected chi connectivity index (χ0v) is 11.2. The minimum atomic E-state index is -1.01. The van der Waals surface area contributed by atoms with Gasteiger partial charge in [-0.05, 0) is 31.9 Å². The van der Waals surface area contributed by atoms with Gasteiger partial charge in [-0.2, -0.15) is 4.39 Å². The summed E-state index contributed by atoms with van der Waals surface area (Å²) in [4.78, 5) is 26.9. The lowest BCUT2D eigenvalue weighted by atomic mass is 9.71. The number of carboxylic acid groups (broad SMARTS) is 1. The van der Waals surface area contributed by atoms with E-state index in [9.17, 15) is 19.1 Å². The number of carbonyl (C=O) groups is 2. The van der Waals surface area contributed by atoms with Crippen molar-refractivity contribution in [2.75, 3.05) is 0 Å². The molecule has 2 N–H and O–H groups in total. The molecule has 1 saturated carbocycles. The molecule has 20 heavy (non-hydrogen) atoms. The van der Waals surface area contributed by atoms with E-state index in [2.05, 4.69) is 10.3 Å². The van der Waals surface area contributed by atoms with Crippen molar-refractivity contribution >= 4 is 11.9 Å². The molecule has 1 heterocycles. The highest BCUT2D eigenvalue weighted by atomic mass is 19.1. The number of hydrogen-bond acceptors (Lipinski definition) is 3. The standard InChI is InChI=1S/C14H17FN2O3/c1-14(13(19)20)7-3-2-6-10(14)17-12(18)9-5-4-8-16-11(9)15/h4-5,8,10H,2-3,6-7H2,1H3,(H,17,18)(H,19,20). The van der Waals surface area contributed by atoms with Gasteiger partial charge in [-0.1, -0.05) is 12.8 Å². The second-order valence-corrected chi connectivity index (χ2v) is 5.34. The smallest absolute Gasteiger partial charge is 0.311 e. The van der Waals surface area contributed by atoms with Crippen molar-refractivity contribution in [3.05, 3.63) is 29.8 Å². The zero-order valence-electron chi connectivity index (χ0n) is 11.2. The highest BCUT2D eigenvalue weighted by Gasteiger charge is 2.44. The van der Waals surface area contributed by atoms with Crippen LogP contribution in [0.4, 0.5) is 4.39 Å². The number of hydrogen-bond donors (Lipinski definition) is 2. The van der Waals surface area contributed by atoms with Crippen LogP contribution >= 0.6 is 0 Å². The van der Waals surface area contributed by atoms with Gasteiger partial charge < -0.3 is 10.4 Å². The van der Waals surface area contributed by atoms with E-state index in [1.54, 1.807) is 6.92 Å². The van der Waals surface area contributed by atoms with Gasteiger partial charge in [-0.15, -0.1) is 0 Å². The molecule has 0 aromatic carbocycles. The van der Waals surface area contributed by atoms with Crippen molar-refractivity contribution < 1.29 is 19.1 Å². The Morgan fingerprint density at radius 3 is 2.90 bits per heavy atom. The first-order chi connectivity index (χ1) is 9.45. The first-order valence-corrected chi connectivity index (χ1v) is 6.60. The topological polar surface area (TPSA) is 79.3 Å². The van der Waals surface area contributed by atoms with Gasteiger partial charge in [-0.3, -0.25) is 9.59 Å². The van der Waals surface area contributed by atoms with Crippen LogP contribution in [0.5, 0.6) is 0 Å². The number of aromatic nitrogens is 1. The van der Waals surface area contributed by atoms with Gasteiger partial charge in [0.1, 0.15) is 0 Å². The molecule has 1 aliphatic rings. The molecular weight excluding hydrogens is 263 g/mol. The second-order valence-electron chi connectivity index (χ2n) is 5.34. The highest BCUT2D eigenvalue weighted by Crippen LogP contribution is 2.36. The third-order valence-electron chi connectivity index (χ3n) is 4.01. The minimum absolute atomic E-state index is 0.161. The van der Waals surface area contributed by atoms with Crippen LogP contribution in [0.25, 0.3) is 0 Å². The lowest BCUT2D eigenvalue weighted by Crippen LogP contribution is -2.52. The maximum atomic E-state index is 13.5. The number of pyridine rings is 1. The Bertz CT molecular complexity index is 535. The Balaban J connectivity index is 2.18. The van der Waals surface area contributed by atoms with Crippen molar-refractivity contribution in [2.24, 2.45) is 5.41 Å². The molecular formula is C14H17FN2O3. The predicted molar refractivity (Wildman–Crippen MR) is 69.7 cm³/mol. The normalized spacial score (nSPS) is 26.0. The van der Waals surface area contributed by atoms with E-state index in [1.165, 1.54) is 18.3 Å². The maximum absolute atomic E-state index is 13.5. The number of rotatable bonds is 3. The third kappa shape index (κ3) is 2.64. The molecule has 108 valence electrons.